The Kier molecular flexibility index (Phi) is 2.45. The Morgan fingerprint density at radius 1 is 0.857 bits per heavy atom. The quantitative estimate of drug-likeness (QED) is 0.727. The number of rotatable bonds is 2. The second-order valence-electron chi connectivity index (χ2n) is 3.27. The molecule has 14 heavy (non-hydrogen) atoms. The Morgan fingerprint density at radius 2 is 1.43 bits per heavy atom. The third-order valence-electron chi connectivity index (χ3n) is 2.14. The summed E-state index contributed by atoms with van der Waals surface area (Å²) in [6.45, 7) is 0. The number of hydrogen-bond acceptors (Lipinski definition) is 2. The van der Waals surface area contributed by atoms with E-state index in [1.807, 2.05) is 36.7 Å². The zero-order chi connectivity index (χ0) is 9.80. The molecule has 0 spiro atoms. The van der Waals surface area contributed by atoms with E-state index in [1.54, 1.807) is 0 Å². The first-order valence-corrected chi connectivity index (χ1v) is 4.58. The topological polar surface area (TPSA) is 38.9 Å². The molecule has 2 rings (SSSR count). The Bertz CT molecular complexity index is 392. The summed E-state index contributed by atoms with van der Waals surface area (Å²) < 4.78 is 0. The fourth-order valence-corrected chi connectivity index (χ4v) is 1.37. The van der Waals surface area contributed by atoms with Gasteiger partial charge in [-0.1, -0.05) is 12.1 Å². The van der Waals surface area contributed by atoms with Crippen LogP contribution in [-0.4, -0.2) is 4.98 Å². The molecule has 2 nitrogen and oxygen atoms in total. The highest BCUT2D eigenvalue weighted by Crippen LogP contribution is 2.10. The lowest BCUT2D eigenvalue weighted by Crippen LogP contribution is -1.89. The maximum atomic E-state index is 5.61. The fourth-order valence-electron chi connectivity index (χ4n) is 1.37. The molecule has 0 amide bonds. The Balaban J connectivity index is 2.16. The molecule has 0 aliphatic carbocycles. The number of nitrogens with two attached hydrogens (primary N) is 1. The first-order chi connectivity index (χ1) is 6.84. The van der Waals surface area contributed by atoms with Crippen molar-refractivity contribution in [1.29, 1.82) is 0 Å². The molecule has 0 unspecified atom stereocenters. The van der Waals surface area contributed by atoms with E-state index in [2.05, 4.69) is 17.1 Å². The minimum absolute atomic E-state index is 0.809. The highest BCUT2D eigenvalue weighted by Gasteiger charge is 1.94. The van der Waals surface area contributed by atoms with Crippen molar-refractivity contribution >= 4 is 5.69 Å². The zero-order valence-electron chi connectivity index (χ0n) is 7.85. The first kappa shape index (κ1) is 8.75. The van der Waals surface area contributed by atoms with Crippen molar-refractivity contribution in [3.05, 3.63) is 59.9 Å². The van der Waals surface area contributed by atoms with Crippen LogP contribution in [-0.2, 0) is 6.42 Å². The van der Waals surface area contributed by atoms with Crippen LogP contribution >= 0.6 is 0 Å². The lowest BCUT2D eigenvalue weighted by molar-refractivity contribution is 1.16. The van der Waals surface area contributed by atoms with Gasteiger partial charge in [-0.2, -0.15) is 0 Å². The van der Waals surface area contributed by atoms with E-state index in [1.165, 1.54) is 11.1 Å². The molecule has 1 aromatic carbocycles. The molecule has 70 valence electrons. The molecule has 0 fully saturated rings. The summed E-state index contributed by atoms with van der Waals surface area (Å²) in [6, 6.07) is 12.0. The van der Waals surface area contributed by atoms with Gasteiger partial charge in [-0.15, -0.1) is 0 Å². The van der Waals surface area contributed by atoms with E-state index in [9.17, 15) is 0 Å². The van der Waals surface area contributed by atoms with Crippen LogP contribution < -0.4 is 5.73 Å². The van der Waals surface area contributed by atoms with Crippen molar-refractivity contribution in [3.63, 3.8) is 0 Å². The van der Waals surface area contributed by atoms with Gasteiger partial charge in [0.05, 0.1) is 0 Å². The number of nitrogen functional groups attached to an aromatic ring is 1. The van der Waals surface area contributed by atoms with Gasteiger partial charge in [0.2, 0.25) is 0 Å². The Morgan fingerprint density at radius 3 is 2.07 bits per heavy atom. The van der Waals surface area contributed by atoms with Crippen LogP contribution in [0.2, 0.25) is 0 Å². The Labute approximate surface area is 83.4 Å². The number of hydrogen-bond donors (Lipinski definition) is 1. The maximum Gasteiger partial charge on any atom is 0.0314 e. The smallest absolute Gasteiger partial charge is 0.0314 e. The van der Waals surface area contributed by atoms with Crippen LogP contribution in [0.3, 0.4) is 0 Å². The number of benzene rings is 1. The standard InChI is InChI=1S/C12H12N2/c13-12-3-1-10(2-4-12)9-11-5-7-14-8-6-11/h1-8H,9,13H2. The minimum Gasteiger partial charge on any atom is -0.399 e. The summed E-state index contributed by atoms with van der Waals surface area (Å²) in [6.07, 6.45) is 4.56. The summed E-state index contributed by atoms with van der Waals surface area (Å²) >= 11 is 0. The highest BCUT2D eigenvalue weighted by molar-refractivity contribution is 5.40. The summed E-state index contributed by atoms with van der Waals surface area (Å²) in [4.78, 5) is 3.98. The van der Waals surface area contributed by atoms with Gasteiger partial charge in [-0.05, 0) is 41.8 Å². The van der Waals surface area contributed by atoms with Gasteiger partial charge in [0.1, 0.15) is 0 Å². The summed E-state index contributed by atoms with van der Waals surface area (Å²) in [5, 5.41) is 0. The van der Waals surface area contributed by atoms with Crippen molar-refractivity contribution in [2.45, 2.75) is 6.42 Å². The van der Waals surface area contributed by atoms with Gasteiger partial charge >= 0.3 is 0 Å². The summed E-state index contributed by atoms with van der Waals surface area (Å²) in [5.74, 6) is 0. The van der Waals surface area contributed by atoms with E-state index in [0.717, 1.165) is 12.1 Å². The molecule has 0 saturated carbocycles. The second-order valence-corrected chi connectivity index (χ2v) is 3.27. The van der Waals surface area contributed by atoms with Crippen LogP contribution in [0.15, 0.2) is 48.8 Å². The van der Waals surface area contributed by atoms with Gasteiger partial charge in [-0.25, -0.2) is 0 Å². The predicted molar refractivity (Wildman–Crippen MR) is 57.9 cm³/mol. The van der Waals surface area contributed by atoms with Crippen molar-refractivity contribution in [3.8, 4) is 0 Å². The van der Waals surface area contributed by atoms with Crippen LogP contribution in [0.4, 0.5) is 5.69 Å². The molecule has 0 atom stereocenters. The van der Waals surface area contributed by atoms with Gasteiger partial charge in [0, 0.05) is 18.1 Å². The molecule has 2 aromatic rings. The van der Waals surface area contributed by atoms with E-state index < -0.39 is 0 Å². The molecule has 0 aliphatic heterocycles. The summed E-state index contributed by atoms with van der Waals surface area (Å²) in [5.41, 5.74) is 8.96. The number of anilines is 1. The molecule has 0 bridgehead atoms. The fraction of sp³-hybridized carbons (Fsp3) is 0.0833. The molecule has 0 radical (unpaired) electrons. The van der Waals surface area contributed by atoms with E-state index >= 15 is 0 Å². The molecule has 0 saturated heterocycles. The molecular formula is C12H12N2. The van der Waals surface area contributed by atoms with Gasteiger partial charge in [0.25, 0.3) is 0 Å². The third-order valence-corrected chi connectivity index (χ3v) is 2.14. The molecule has 1 heterocycles. The van der Waals surface area contributed by atoms with Crippen LogP contribution in [0.5, 0.6) is 0 Å². The molecule has 0 aliphatic rings. The van der Waals surface area contributed by atoms with E-state index in [4.69, 9.17) is 5.73 Å². The predicted octanol–water partition coefficient (Wildman–Crippen LogP) is 2.25. The highest BCUT2D eigenvalue weighted by atomic mass is 14.6. The number of nitrogens with zero attached hydrogens (tertiary/aromatic N) is 1. The normalized spacial score (nSPS) is 10.0. The molecule has 1 aromatic heterocycles. The Hall–Kier alpha value is -1.83. The van der Waals surface area contributed by atoms with Crippen LogP contribution in [0.25, 0.3) is 0 Å². The van der Waals surface area contributed by atoms with Gasteiger partial charge in [0.15, 0.2) is 0 Å². The van der Waals surface area contributed by atoms with Crippen molar-refractivity contribution in [2.24, 2.45) is 0 Å². The second kappa shape index (κ2) is 3.92. The van der Waals surface area contributed by atoms with Crippen LogP contribution in [0.1, 0.15) is 11.1 Å². The number of aromatic nitrogens is 1. The molecular weight excluding hydrogens is 172 g/mol. The van der Waals surface area contributed by atoms with Gasteiger partial charge < -0.3 is 5.73 Å². The third kappa shape index (κ3) is 2.10. The number of pyridine rings is 1. The summed E-state index contributed by atoms with van der Waals surface area (Å²) in [7, 11) is 0. The monoisotopic (exact) mass is 184 g/mol. The molecule has 2 N–H and O–H groups in total. The maximum absolute atomic E-state index is 5.61. The van der Waals surface area contributed by atoms with Gasteiger partial charge in [-0.3, -0.25) is 4.98 Å². The molecule has 2 heteroatoms. The van der Waals surface area contributed by atoms with Crippen molar-refractivity contribution in [2.75, 3.05) is 5.73 Å². The largest absolute Gasteiger partial charge is 0.399 e. The average Bonchev–Trinajstić information content (AvgIpc) is 2.23. The van der Waals surface area contributed by atoms with E-state index in [-0.39, 0.29) is 0 Å². The van der Waals surface area contributed by atoms with E-state index in [0.29, 0.717) is 0 Å². The minimum atomic E-state index is 0.809. The lowest BCUT2D eigenvalue weighted by Gasteiger charge is -2.01. The van der Waals surface area contributed by atoms with Crippen LogP contribution in [0, 0.1) is 0 Å². The lowest BCUT2D eigenvalue weighted by atomic mass is 10.1. The first-order valence-electron chi connectivity index (χ1n) is 4.58. The SMILES string of the molecule is Nc1ccc(Cc2ccncc2)cc1. The van der Waals surface area contributed by atoms with Crippen molar-refractivity contribution in [1.82, 2.24) is 4.98 Å². The van der Waals surface area contributed by atoms with Crippen molar-refractivity contribution < 1.29 is 0 Å². The average molecular weight is 184 g/mol. The zero-order valence-corrected chi connectivity index (χ0v) is 7.85.